The first-order valence-corrected chi connectivity index (χ1v) is 7.45. The zero-order chi connectivity index (χ0) is 16.7. The van der Waals surface area contributed by atoms with Crippen molar-refractivity contribution in [2.24, 2.45) is 0 Å². The second-order valence-corrected chi connectivity index (χ2v) is 5.96. The summed E-state index contributed by atoms with van der Waals surface area (Å²) < 4.78 is 1.73. The molecule has 0 aliphatic carbocycles. The number of fused-ring (bicyclic) bond motifs is 1. The Balaban J connectivity index is 1.99. The van der Waals surface area contributed by atoms with Crippen LogP contribution in [-0.4, -0.2) is 42.7 Å². The molecule has 1 amide bonds. The van der Waals surface area contributed by atoms with Crippen molar-refractivity contribution in [3.8, 4) is 0 Å². The largest absolute Gasteiger partial charge is 0.480 e. The topological polar surface area (TPSA) is 88.3 Å². The third-order valence-corrected chi connectivity index (χ3v) is 4.26. The van der Waals surface area contributed by atoms with Gasteiger partial charge in [0.1, 0.15) is 11.9 Å². The first-order valence-electron chi connectivity index (χ1n) is 7.07. The van der Waals surface area contributed by atoms with Gasteiger partial charge in [0.2, 0.25) is 0 Å². The van der Waals surface area contributed by atoms with Crippen molar-refractivity contribution in [3.05, 3.63) is 46.0 Å². The lowest BCUT2D eigenvalue weighted by Gasteiger charge is -2.33. The van der Waals surface area contributed by atoms with Crippen LogP contribution in [0.15, 0.2) is 18.2 Å². The molecule has 8 heteroatoms. The molecule has 1 aliphatic rings. The molecule has 1 aromatic carbocycles. The maximum Gasteiger partial charge on any atom is 0.328 e. The molecule has 0 bridgehead atoms. The van der Waals surface area contributed by atoms with Gasteiger partial charge in [-0.15, -0.1) is 10.2 Å². The maximum atomic E-state index is 12.8. The number of halogens is 1. The van der Waals surface area contributed by atoms with Gasteiger partial charge in [0.15, 0.2) is 5.82 Å². The normalized spacial score (nSPS) is 17.0. The van der Waals surface area contributed by atoms with Crippen LogP contribution in [0.25, 0.3) is 0 Å². The van der Waals surface area contributed by atoms with E-state index < -0.39 is 12.0 Å². The molecule has 0 saturated heterocycles. The van der Waals surface area contributed by atoms with Crippen molar-refractivity contribution in [1.29, 1.82) is 0 Å². The molecule has 23 heavy (non-hydrogen) atoms. The number of nitrogens with zero attached hydrogens (tertiary/aromatic N) is 4. The van der Waals surface area contributed by atoms with Gasteiger partial charge < -0.3 is 14.6 Å². The van der Waals surface area contributed by atoms with Crippen molar-refractivity contribution >= 4 is 23.5 Å². The Morgan fingerprint density at radius 3 is 2.70 bits per heavy atom. The lowest BCUT2D eigenvalue weighted by atomic mass is 10.1. The Kier molecular flexibility index (Phi) is 3.81. The van der Waals surface area contributed by atoms with E-state index in [2.05, 4.69) is 10.2 Å². The minimum Gasteiger partial charge on any atom is -0.480 e. The van der Waals surface area contributed by atoms with Crippen LogP contribution in [0.1, 0.15) is 27.6 Å². The zero-order valence-corrected chi connectivity index (χ0v) is 13.4. The van der Waals surface area contributed by atoms with Gasteiger partial charge in [0.05, 0.1) is 13.1 Å². The fourth-order valence-electron chi connectivity index (χ4n) is 2.76. The molecular weight excluding hydrogens is 320 g/mol. The number of benzene rings is 1. The number of hydrogen-bond donors (Lipinski definition) is 1. The number of aryl methyl sites for hydroxylation is 2. The molecule has 0 saturated carbocycles. The van der Waals surface area contributed by atoms with Crippen molar-refractivity contribution in [2.45, 2.75) is 33.0 Å². The molecule has 120 valence electrons. The number of amides is 1. The zero-order valence-electron chi connectivity index (χ0n) is 12.7. The Hall–Kier alpha value is -2.41. The van der Waals surface area contributed by atoms with Crippen molar-refractivity contribution in [3.63, 3.8) is 0 Å². The number of carbonyl (C=O) groups excluding carboxylic acids is 1. The van der Waals surface area contributed by atoms with E-state index in [1.54, 1.807) is 36.6 Å². The van der Waals surface area contributed by atoms with E-state index in [0.29, 0.717) is 27.8 Å². The van der Waals surface area contributed by atoms with E-state index in [-0.39, 0.29) is 19.0 Å². The highest BCUT2D eigenvalue weighted by molar-refractivity contribution is 6.30. The standard InChI is InChI=1S/C15H15ClN4O3/c1-8-5-10(16)3-4-11(8)14(21)20-7-13-18-17-9(2)19(13)6-12(20)15(22)23/h3-5,12H,6-7H2,1-2H3,(H,22,23). The highest BCUT2D eigenvalue weighted by atomic mass is 35.5. The molecule has 1 unspecified atom stereocenters. The summed E-state index contributed by atoms with van der Waals surface area (Å²) in [4.78, 5) is 25.8. The van der Waals surface area contributed by atoms with Gasteiger partial charge in [-0.2, -0.15) is 0 Å². The smallest absolute Gasteiger partial charge is 0.328 e. The van der Waals surface area contributed by atoms with Gasteiger partial charge in [-0.1, -0.05) is 11.6 Å². The van der Waals surface area contributed by atoms with Gasteiger partial charge in [0, 0.05) is 10.6 Å². The summed E-state index contributed by atoms with van der Waals surface area (Å²) in [6.45, 7) is 3.78. The molecular formula is C15H15ClN4O3. The lowest BCUT2D eigenvalue weighted by molar-refractivity contribution is -0.143. The summed E-state index contributed by atoms with van der Waals surface area (Å²) >= 11 is 5.92. The summed E-state index contributed by atoms with van der Waals surface area (Å²) in [5.41, 5.74) is 1.14. The minimum atomic E-state index is -1.05. The minimum absolute atomic E-state index is 0.110. The Morgan fingerprint density at radius 1 is 1.30 bits per heavy atom. The van der Waals surface area contributed by atoms with Gasteiger partial charge in [0.25, 0.3) is 5.91 Å². The van der Waals surface area contributed by atoms with Gasteiger partial charge in [-0.25, -0.2) is 4.79 Å². The number of aliphatic carboxylic acids is 1. The molecule has 0 spiro atoms. The SMILES string of the molecule is Cc1cc(Cl)ccc1C(=O)N1Cc2nnc(C)n2CC1C(=O)O. The third-order valence-electron chi connectivity index (χ3n) is 4.02. The Labute approximate surface area is 137 Å². The molecule has 1 atom stereocenters. The van der Waals surface area contributed by atoms with Crippen LogP contribution in [0.5, 0.6) is 0 Å². The predicted octanol–water partition coefficient (Wildman–Crippen LogP) is 1.66. The molecule has 7 nitrogen and oxygen atoms in total. The van der Waals surface area contributed by atoms with Crippen LogP contribution < -0.4 is 0 Å². The second-order valence-electron chi connectivity index (χ2n) is 5.52. The molecule has 2 aromatic rings. The molecule has 1 N–H and O–H groups in total. The summed E-state index contributed by atoms with van der Waals surface area (Å²) in [7, 11) is 0. The van der Waals surface area contributed by atoms with E-state index in [1.165, 1.54) is 4.90 Å². The molecule has 3 rings (SSSR count). The van der Waals surface area contributed by atoms with E-state index >= 15 is 0 Å². The van der Waals surface area contributed by atoms with E-state index in [9.17, 15) is 14.7 Å². The van der Waals surface area contributed by atoms with Gasteiger partial charge in [-0.3, -0.25) is 4.79 Å². The second kappa shape index (κ2) is 5.66. The number of carbonyl (C=O) groups is 2. The molecule has 2 heterocycles. The molecule has 1 aromatic heterocycles. The summed E-state index contributed by atoms with van der Waals surface area (Å²) in [5.74, 6) is -0.178. The van der Waals surface area contributed by atoms with Crippen molar-refractivity contribution < 1.29 is 14.7 Å². The van der Waals surface area contributed by atoms with Crippen LogP contribution >= 0.6 is 11.6 Å². The van der Waals surface area contributed by atoms with Gasteiger partial charge >= 0.3 is 5.97 Å². The highest BCUT2D eigenvalue weighted by Gasteiger charge is 2.37. The molecule has 1 aliphatic heterocycles. The van der Waals surface area contributed by atoms with E-state index in [0.717, 1.165) is 0 Å². The highest BCUT2D eigenvalue weighted by Crippen LogP contribution is 2.23. The number of carboxylic acids is 1. The predicted molar refractivity (Wildman–Crippen MR) is 82.2 cm³/mol. The van der Waals surface area contributed by atoms with Crippen LogP contribution in [0.2, 0.25) is 5.02 Å². The van der Waals surface area contributed by atoms with Gasteiger partial charge in [-0.05, 0) is 37.6 Å². The summed E-state index contributed by atoms with van der Waals surface area (Å²) in [6, 6.07) is 3.96. The number of hydrogen-bond acceptors (Lipinski definition) is 4. The number of carboxylic acid groups (broad SMARTS) is 1. The van der Waals surface area contributed by atoms with E-state index in [1.807, 2.05) is 0 Å². The van der Waals surface area contributed by atoms with Crippen LogP contribution in [0, 0.1) is 13.8 Å². The van der Waals surface area contributed by atoms with Crippen molar-refractivity contribution in [1.82, 2.24) is 19.7 Å². The van der Waals surface area contributed by atoms with Crippen LogP contribution in [0.3, 0.4) is 0 Å². The van der Waals surface area contributed by atoms with Crippen molar-refractivity contribution in [2.75, 3.05) is 0 Å². The first kappa shape index (κ1) is 15.5. The summed E-state index contributed by atoms with van der Waals surface area (Å²) in [6.07, 6.45) is 0. The fourth-order valence-corrected chi connectivity index (χ4v) is 2.99. The average molecular weight is 335 g/mol. The van der Waals surface area contributed by atoms with Crippen LogP contribution in [-0.2, 0) is 17.9 Å². The first-order chi connectivity index (χ1) is 10.9. The molecule has 0 fully saturated rings. The Bertz CT molecular complexity index is 802. The number of aromatic nitrogens is 3. The third kappa shape index (κ3) is 2.68. The lowest BCUT2D eigenvalue weighted by Crippen LogP contribution is -2.50. The Morgan fingerprint density at radius 2 is 2.04 bits per heavy atom. The quantitative estimate of drug-likeness (QED) is 0.902. The monoisotopic (exact) mass is 334 g/mol. The average Bonchev–Trinajstić information content (AvgIpc) is 2.86. The molecule has 0 radical (unpaired) electrons. The number of rotatable bonds is 2. The maximum absolute atomic E-state index is 12.8. The van der Waals surface area contributed by atoms with Crippen LogP contribution in [0.4, 0.5) is 0 Å². The van der Waals surface area contributed by atoms with E-state index in [4.69, 9.17) is 11.6 Å². The fraction of sp³-hybridized carbons (Fsp3) is 0.333. The summed E-state index contributed by atoms with van der Waals surface area (Å²) in [5, 5.41) is 18.0.